The van der Waals surface area contributed by atoms with Crippen LogP contribution in [-0.4, -0.2) is 11.6 Å². The van der Waals surface area contributed by atoms with Gasteiger partial charge in [0.2, 0.25) is 6.10 Å². The average Bonchev–Trinajstić information content (AvgIpc) is 2.45. The molecule has 51 valence electrons. The molecule has 0 aromatic carbocycles. The van der Waals surface area contributed by atoms with Crippen molar-refractivity contribution >= 4 is 6.47 Å². The van der Waals surface area contributed by atoms with E-state index in [1.165, 1.54) is 0 Å². The third-order valence-corrected chi connectivity index (χ3v) is 1.41. The maximum absolute atomic E-state index is 9.83. The van der Waals surface area contributed by atoms with Crippen molar-refractivity contribution in [3.63, 3.8) is 0 Å². The van der Waals surface area contributed by atoms with E-state index in [2.05, 4.69) is 9.89 Å². The fraction of sp³-hybridized carbons (Fsp3) is 0.167. The zero-order chi connectivity index (χ0) is 7.14. The molecule has 1 aromatic heterocycles. The van der Waals surface area contributed by atoms with Gasteiger partial charge in [0.05, 0.1) is 5.56 Å². The predicted molar refractivity (Wildman–Crippen MR) is 29.8 cm³/mol. The van der Waals surface area contributed by atoms with Gasteiger partial charge in [0.1, 0.15) is 11.5 Å². The molecule has 0 bridgehead atoms. The highest BCUT2D eigenvalue weighted by Gasteiger charge is 2.45. The van der Waals surface area contributed by atoms with E-state index in [1.54, 1.807) is 6.92 Å². The Morgan fingerprint density at radius 1 is 1.70 bits per heavy atom. The summed E-state index contributed by atoms with van der Waals surface area (Å²) in [7, 11) is 0. The van der Waals surface area contributed by atoms with Crippen LogP contribution in [0.4, 0.5) is 0 Å². The number of ether oxygens (including phenoxy) is 1. The number of carbonyl (C=O) groups excluding carboxylic acids is 1. The van der Waals surface area contributed by atoms with Crippen molar-refractivity contribution in [1.82, 2.24) is 5.16 Å². The van der Waals surface area contributed by atoms with E-state index in [0.717, 1.165) is 5.56 Å². The van der Waals surface area contributed by atoms with Crippen molar-refractivity contribution in [2.45, 2.75) is 6.92 Å². The van der Waals surface area contributed by atoms with Gasteiger partial charge in [-0.1, -0.05) is 5.16 Å². The maximum Gasteiger partial charge on any atom is 0.294 e. The molecule has 0 aliphatic heterocycles. The summed E-state index contributed by atoms with van der Waals surface area (Å²) in [5.74, 6) is 0.701. The molecule has 0 spiro atoms. The summed E-state index contributed by atoms with van der Waals surface area (Å²) in [5.41, 5.74) is 1.51. The van der Waals surface area contributed by atoms with Crippen molar-refractivity contribution in [2.75, 3.05) is 0 Å². The molecule has 1 aliphatic rings. The molecule has 1 aromatic rings. The fourth-order valence-electron chi connectivity index (χ4n) is 0.897. The van der Waals surface area contributed by atoms with Crippen LogP contribution in [0.2, 0.25) is 0 Å². The third kappa shape index (κ3) is 0.504. The lowest BCUT2D eigenvalue weighted by atomic mass is 10.4. The van der Waals surface area contributed by atoms with E-state index >= 15 is 0 Å². The molecule has 0 fully saturated rings. The molecule has 4 nitrogen and oxygen atoms in total. The van der Waals surface area contributed by atoms with E-state index in [4.69, 9.17) is 4.52 Å². The van der Waals surface area contributed by atoms with Gasteiger partial charge in [-0.3, -0.25) is 4.79 Å². The first kappa shape index (κ1) is 5.46. The molecule has 0 saturated carbocycles. The minimum atomic E-state index is 0.385. The van der Waals surface area contributed by atoms with E-state index in [-0.39, 0.29) is 0 Å². The minimum Gasteiger partial charge on any atom is -0.444 e. The zero-order valence-electron chi connectivity index (χ0n) is 5.25. The molecule has 0 atom stereocenters. The normalized spacial score (nSPS) is 14.5. The molecular formula is C6H4NO3. The molecule has 0 unspecified atom stereocenters. The fourth-order valence-corrected chi connectivity index (χ4v) is 0.897. The highest BCUT2D eigenvalue weighted by Crippen LogP contribution is 2.43. The van der Waals surface area contributed by atoms with E-state index in [0.29, 0.717) is 24.0 Å². The van der Waals surface area contributed by atoms with Crippen LogP contribution in [0.25, 0.3) is 0 Å². The molecule has 1 radical (unpaired) electrons. The van der Waals surface area contributed by atoms with Gasteiger partial charge in [-0.25, -0.2) is 0 Å². The van der Waals surface area contributed by atoms with Gasteiger partial charge in [-0.15, -0.1) is 0 Å². The van der Waals surface area contributed by atoms with Crippen molar-refractivity contribution in [1.29, 1.82) is 0 Å². The number of nitrogens with zero attached hydrogens (tertiary/aromatic N) is 1. The second-order valence-electron chi connectivity index (χ2n) is 2.01. The Labute approximate surface area is 56.8 Å². The summed E-state index contributed by atoms with van der Waals surface area (Å²) in [5, 5.41) is 3.61. The Kier molecular flexibility index (Phi) is 0.869. The number of aromatic nitrogens is 1. The first-order valence-electron chi connectivity index (χ1n) is 2.79. The summed E-state index contributed by atoms with van der Waals surface area (Å²) < 4.78 is 9.30. The van der Waals surface area contributed by atoms with E-state index in [9.17, 15) is 4.79 Å². The molecule has 0 amide bonds. The van der Waals surface area contributed by atoms with Gasteiger partial charge in [0, 0.05) is 0 Å². The Bertz CT molecular complexity index is 279. The minimum absolute atomic E-state index is 0.385. The monoisotopic (exact) mass is 138 g/mol. The van der Waals surface area contributed by atoms with Gasteiger partial charge < -0.3 is 9.26 Å². The molecule has 1 aliphatic carbocycles. The highest BCUT2D eigenvalue weighted by atomic mass is 16.5. The van der Waals surface area contributed by atoms with E-state index < -0.39 is 0 Å². The Balaban J connectivity index is 2.21. The van der Waals surface area contributed by atoms with Crippen molar-refractivity contribution in [3.8, 4) is 0 Å². The van der Waals surface area contributed by atoms with Crippen molar-refractivity contribution < 1.29 is 14.1 Å². The molecule has 10 heavy (non-hydrogen) atoms. The third-order valence-electron chi connectivity index (χ3n) is 1.41. The van der Waals surface area contributed by atoms with Crippen LogP contribution in [0.3, 0.4) is 0 Å². The topological polar surface area (TPSA) is 52.3 Å². The standard InChI is InChI=1S/C6H4NO3/c1-3-4-5(7-10-3)6(4)9-2-8/h2H,1H3. The van der Waals surface area contributed by atoms with Crippen LogP contribution >= 0.6 is 0 Å². The smallest absolute Gasteiger partial charge is 0.294 e. The van der Waals surface area contributed by atoms with Crippen molar-refractivity contribution in [2.24, 2.45) is 0 Å². The number of aryl methyl sites for hydroxylation is 1. The second kappa shape index (κ2) is 1.59. The number of fused-ring (bicyclic) bond motifs is 1. The number of rotatable bonds is 2. The first-order valence-corrected chi connectivity index (χ1v) is 2.79. The van der Waals surface area contributed by atoms with Gasteiger partial charge >= 0.3 is 0 Å². The largest absolute Gasteiger partial charge is 0.444 e. The number of hydrogen-bond donors (Lipinski definition) is 0. The van der Waals surface area contributed by atoms with Crippen LogP contribution < -0.4 is 0 Å². The van der Waals surface area contributed by atoms with Gasteiger partial charge in [0.25, 0.3) is 6.47 Å². The Morgan fingerprint density at radius 2 is 2.50 bits per heavy atom. The predicted octanol–water partition coefficient (Wildman–Crippen LogP) is 0.398. The van der Waals surface area contributed by atoms with E-state index in [1.807, 2.05) is 0 Å². The summed E-state index contributed by atoms with van der Waals surface area (Å²) in [6, 6.07) is 0. The average molecular weight is 138 g/mol. The lowest BCUT2D eigenvalue weighted by molar-refractivity contribution is -0.125. The highest BCUT2D eigenvalue weighted by molar-refractivity contribution is 5.64. The molecule has 0 saturated heterocycles. The van der Waals surface area contributed by atoms with Gasteiger partial charge in [-0.05, 0) is 6.92 Å². The summed E-state index contributed by atoms with van der Waals surface area (Å²) >= 11 is 0. The molecule has 0 N–H and O–H groups in total. The number of carbonyl (C=O) groups is 1. The quantitative estimate of drug-likeness (QED) is 0.555. The van der Waals surface area contributed by atoms with Crippen molar-refractivity contribution in [3.05, 3.63) is 23.1 Å². The SMILES string of the molecule is Cc1onc2c1[C]2OC=O. The van der Waals surface area contributed by atoms with Gasteiger partial charge in [-0.2, -0.15) is 0 Å². The lowest BCUT2D eigenvalue weighted by Crippen LogP contribution is -1.87. The van der Waals surface area contributed by atoms with Gasteiger partial charge in [0.15, 0.2) is 0 Å². The van der Waals surface area contributed by atoms with Crippen LogP contribution in [0.15, 0.2) is 4.52 Å². The summed E-state index contributed by atoms with van der Waals surface area (Å²) in [6.07, 6.45) is 0.554. The van der Waals surface area contributed by atoms with Crippen LogP contribution in [-0.2, 0) is 9.53 Å². The molecular weight excluding hydrogens is 134 g/mol. The summed E-state index contributed by atoms with van der Waals surface area (Å²) in [4.78, 5) is 9.83. The van der Waals surface area contributed by atoms with Crippen LogP contribution in [0, 0.1) is 13.0 Å². The Morgan fingerprint density at radius 3 is 3.00 bits per heavy atom. The Hall–Kier alpha value is -1.32. The zero-order valence-corrected chi connectivity index (χ0v) is 5.25. The summed E-state index contributed by atoms with van der Waals surface area (Å²) in [6.45, 7) is 2.16. The first-order chi connectivity index (χ1) is 4.84. The second-order valence-corrected chi connectivity index (χ2v) is 2.01. The molecule has 1 heterocycles. The van der Waals surface area contributed by atoms with Crippen LogP contribution in [0.1, 0.15) is 17.0 Å². The van der Waals surface area contributed by atoms with Crippen LogP contribution in [0.5, 0.6) is 0 Å². The lowest BCUT2D eigenvalue weighted by Gasteiger charge is -1.89. The number of hydrogen-bond acceptors (Lipinski definition) is 4. The maximum atomic E-state index is 9.83. The molecule has 4 heteroatoms. The molecule has 2 rings (SSSR count).